The van der Waals surface area contributed by atoms with Crippen LogP contribution in [-0.4, -0.2) is 19.0 Å². The van der Waals surface area contributed by atoms with Crippen molar-refractivity contribution in [3.63, 3.8) is 0 Å². The first kappa shape index (κ1) is 16.6. The van der Waals surface area contributed by atoms with Crippen molar-refractivity contribution < 1.29 is 9.53 Å². The normalized spacial score (nSPS) is 14.7. The SMILES string of the molecule is COC(C)(C)C/C=C/C(C)=C\C=C\C(C)=C\C=O. The second kappa shape index (κ2) is 8.65. The molecule has 0 saturated carbocycles. The summed E-state index contributed by atoms with van der Waals surface area (Å²) in [5.74, 6) is 0. The Bertz CT molecular complexity index is 369. The molecule has 0 rings (SSSR count). The van der Waals surface area contributed by atoms with Crippen LogP contribution in [0.15, 0.2) is 47.6 Å². The van der Waals surface area contributed by atoms with Gasteiger partial charge in [-0.05, 0) is 45.8 Å². The summed E-state index contributed by atoms with van der Waals surface area (Å²) in [5.41, 5.74) is 1.99. The van der Waals surface area contributed by atoms with Crippen LogP contribution in [0.5, 0.6) is 0 Å². The van der Waals surface area contributed by atoms with E-state index in [2.05, 4.69) is 26.0 Å². The van der Waals surface area contributed by atoms with Crippen LogP contribution in [0, 0.1) is 0 Å². The monoisotopic (exact) mass is 248 g/mol. The second-order valence-corrected chi connectivity index (χ2v) is 4.89. The number of carbonyl (C=O) groups excluding carboxylic acids is 1. The van der Waals surface area contributed by atoms with E-state index in [1.165, 1.54) is 6.08 Å². The van der Waals surface area contributed by atoms with E-state index in [9.17, 15) is 4.79 Å². The molecule has 0 aromatic rings. The van der Waals surface area contributed by atoms with Gasteiger partial charge in [-0.25, -0.2) is 0 Å². The van der Waals surface area contributed by atoms with Crippen molar-refractivity contribution in [2.24, 2.45) is 0 Å². The molecule has 0 aliphatic rings. The summed E-state index contributed by atoms with van der Waals surface area (Å²) < 4.78 is 5.33. The fraction of sp³-hybridized carbons (Fsp3) is 0.438. The highest BCUT2D eigenvalue weighted by molar-refractivity contribution is 5.66. The van der Waals surface area contributed by atoms with Gasteiger partial charge >= 0.3 is 0 Å². The highest BCUT2D eigenvalue weighted by atomic mass is 16.5. The molecule has 0 N–H and O–H groups in total. The van der Waals surface area contributed by atoms with Crippen molar-refractivity contribution in [1.29, 1.82) is 0 Å². The topological polar surface area (TPSA) is 26.3 Å². The smallest absolute Gasteiger partial charge is 0.143 e. The lowest BCUT2D eigenvalue weighted by atomic mass is 10.0. The fourth-order valence-electron chi connectivity index (χ4n) is 1.18. The van der Waals surface area contributed by atoms with Crippen LogP contribution in [0.1, 0.15) is 34.1 Å². The molecule has 0 amide bonds. The Morgan fingerprint density at radius 3 is 2.28 bits per heavy atom. The third-order valence-corrected chi connectivity index (χ3v) is 2.59. The average Bonchev–Trinajstić information content (AvgIpc) is 2.29. The summed E-state index contributed by atoms with van der Waals surface area (Å²) in [6.07, 6.45) is 13.3. The number of aldehydes is 1. The zero-order valence-electron chi connectivity index (χ0n) is 12.1. The van der Waals surface area contributed by atoms with Gasteiger partial charge in [-0.2, -0.15) is 0 Å². The zero-order chi connectivity index (χ0) is 14.0. The predicted octanol–water partition coefficient (Wildman–Crippen LogP) is 4.01. The molecule has 0 radical (unpaired) electrons. The quantitative estimate of drug-likeness (QED) is 0.386. The van der Waals surface area contributed by atoms with E-state index in [0.29, 0.717) is 0 Å². The first-order valence-corrected chi connectivity index (χ1v) is 6.10. The molecule has 0 heterocycles. The molecule has 0 aromatic heterocycles. The van der Waals surface area contributed by atoms with Crippen LogP contribution in [-0.2, 0) is 9.53 Å². The Kier molecular flexibility index (Phi) is 7.97. The van der Waals surface area contributed by atoms with Gasteiger partial charge in [-0.1, -0.05) is 36.0 Å². The van der Waals surface area contributed by atoms with Crippen molar-refractivity contribution in [2.45, 2.75) is 39.7 Å². The maximum Gasteiger partial charge on any atom is 0.143 e. The number of carbonyl (C=O) groups is 1. The van der Waals surface area contributed by atoms with Crippen molar-refractivity contribution in [3.05, 3.63) is 47.6 Å². The highest BCUT2D eigenvalue weighted by Gasteiger charge is 2.12. The minimum absolute atomic E-state index is 0.115. The van der Waals surface area contributed by atoms with E-state index < -0.39 is 0 Å². The summed E-state index contributed by atoms with van der Waals surface area (Å²) in [6.45, 7) is 8.05. The second-order valence-electron chi connectivity index (χ2n) is 4.89. The third kappa shape index (κ3) is 8.71. The van der Waals surface area contributed by atoms with Gasteiger partial charge in [0.15, 0.2) is 0 Å². The zero-order valence-corrected chi connectivity index (χ0v) is 12.1. The van der Waals surface area contributed by atoms with E-state index in [0.717, 1.165) is 23.9 Å². The van der Waals surface area contributed by atoms with Gasteiger partial charge in [0.2, 0.25) is 0 Å². The number of hydrogen-bond acceptors (Lipinski definition) is 2. The first-order valence-electron chi connectivity index (χ1n) is 6.10. The Balaban J connectivity index is 4.32. The van der Waals surface area contributed by atoms with Gasteiger partial charge in [0.25, 0.3) is 0 Å². The fourth-order valence-corrected chi connectivity index (χ4v) is 1.18. The van der Waals surface area contributed by atoms with Gasteiger partial charge in [-0.15, -0.1) is 0 Å². The van der Waals surface area contributed by atoms with Gasteiger partial charge in [-0.3, -0.25) is 4.79 Å². The summed E-state index contributed by atoms with van der Waals surface area (Å²) in [7, 11) is 1.72. The lowest BCUT2D eigenvalue weighted by molar-refractivity contribution is -0.104. The van der Waals surface area contributed by atoms with E-state index in [1.54, 1.807) is 7.11 Å². The molecule has 0 aliphatic carbocycles. The molecule has 0 atom stereocenters. The molecule has 0 fully saturated rings. The van der Waals surface area contributed by atoms with Crippen LogP contribution < -0.4 is 0 Å². The Labute approximate surface area is 111 Å². The summed E-state index contributed by atoms with van der Waals surface area (Å²) in [6, 6.07) is 0. The molecule has 0 spiro atoms. The van der Waals surface area contributed by atoms with E-state index >= 15 is 0 Å². The minimum atomic E-state index is -0.115. The van der Waals surface area contributed by atoms with Gasteiger partial charge in [0.05, 0.1) is 5.60 Å². The van der Waals surface area contributed by atoms with Crippen molar-refractivity contribution >= 4 is 6.29 Å². The summed E-state index contributed by atoms with van der Waals surface area (Å²) >= 11 is 0. The standard InChI is InChI=1S/C16H24O2/c1-14(8-6-9-15(2)11-13-17)10-7-12-16(3,4)18-5/h6-11,13H,12H2,1-5H3/b9-6+,10-7+,14-8-,15-11+. The van der Waals surface area contributed by atoms with Crippen molar-refractivity contribution in [1.82, 2.24) is 0 Å². The highest BCUT2D eigenvalue weighted by Crippen LogP contribution is 2.13. The van der Waals surface area contributed by atoms with Crippen LogP contribution in [0.3, 0.4) is 0 Å². The largest absolute Gasteiger partial charge is 0.378 e. The van der Waals surface area contributed by atoms with Crippen LogP contribution in [0.4, 0.5) is 0 Å². The van der Waals surface area contributed by atoms with Crippen molar-refractivity contribution in [3.8, 4) is 0 Å². The molecule has 0 unspecified atom stereocenters. The minimum Gasteiger partial charge on any atom is -0.378 e. The van der Waals surface area contributed by atoms with Gasteiger partial charge < -0.3 is 4.74 Å². The van der Waals surface area contributed by atoms with Gasteiger partial charge in [0, 0.05) is 7.11 Å². The molecule has 2 nitrogen and oxygen atoms in total. The number of allylic oxidation sites excluding steroid dienone is 7. The van der Waals surface area contributed by atoms with E-state index in [-0.39, 0.29) is 5.60 Å². The van der Waals surface area contributed by atoms with Crippen LogP contribution >= 0.6 is 0 Å². The predicted molar refractivity (Wildman–Crippen MR) is 77.6 cm³/mol. The third-order valence-electron chi connectivity index (χ3n) is 2.59. The number of rotatable bonds is 7. The van der Waals surface area contributed by atoms with Gasteiger partial charge in [0.1, 0.15) is 6.29 Å². The van der Waals surface area contributed by atoms with E-state index in [4.69, 9.17) is 4.74 Å². The molecule has 18 heavy (non-hydrogen) atoms. The number of methoxy groups -OCH3 is 1. The molecule has 0 saturated heterocycles. The van der Waals surface area contributed by atoms with Crippen molar-refractivity contribution in [2.75, 3.05) is 7.11 Å². The average molecular weight is 248 g/mol. The van der Waals surface area contributed by atoms with E-state index in [1.807, 2.05) is 32.1 Å². The molecule has 100 valence electrons. The Hall–Kier alpha value is -1.41. The molecular formula is C16H24O2. The summed E-state index contributed by atoms with van der Waals surface area (Å²) in [4.78, 5) is 10.2. The Morgan fingerprint density at radius 1 is 1.11 bits per heavy atom. The lowest BCUT2D eigenvalue weighted by Crippen LogP contribution is -2.20. The van der Waals surface area contributed by atoms with Crippen LogP contribution in [0.2, 0.25) is 0 Å². The molecule has 0 bridgehead atoms. The number of ether oxygens (including phenoxy) is 1. The maximum absolute atomic E-state index is 10.2. The molecule has 0 aromatic carbocycles. The lowest BCUT2D eigenvalue weighted by Gasteiger charge is -2.20. The first-order chi connectivity index (χ1) is 8.41. The molecule has 0 aliphatic heterocycles. The van der Waals surface area contributed by atoms with Crippen LogP contribution in [0.25, 0.3) is 0 Å². The summed E-state index contributed by atoms with van der Waals surface area (Å²) in [5, 5.41) is 0. The number of hydrogen-bond donors (Lipinski definition) is 0. The molecule has 2 heteroatoms. The molecular weight excluding hydrogens is 224 g/mol. The maximum atomic E-state index is 10.2. The Morgan fingerprint density at radius 2 is 1.72 bits per heavy atom.